The van der Waals surface area contributed by atoms with Crippen LogP contribution < -0.4 is 0 Å². The molecule has 2 nitrogen and oxygen atoms in total. The number of rotatable bonds is 1. The molecule has 8 aromatic rings. The van der Waals surface area contributed by atoms with Gasteiger partial charge in [-0.25, -0.2) is 9.97 Å². The van der Waals surface area contributed by atoms with Crippen molar-refractivity contribution in [2.45, 2.75) is 0 Å². The Kier molecular flexibility index (Phi) is 6.30. The first-order valence-electron chi connectivity index (χ1n) is 14.6. The van der Waals surface area contributed by atoms with Crippen molar-refractivity contribution in [3.63, 3.8) is 0 Å². The maximum atomic E-state index is 4.88. The van der Waals surface area contributed by atoms with Crippen molar-refractivity contribution in [1.29, 1.82) is 0 Å². The van der Waals surface area contributed by atoms with E-state index in [4.69, 9.17) is 9.97 Å². The average molecular weight is 557 g/mol. The van der Waals surface area contributed by atoms with Gasteiger partial charge in [-0.3, -0.25) is 0 Å². The molecular weight excluding hydrogens is 532 g/mol. The lowest BCUT2D eigenvalue weighted by Crippen LogP contribution is -1.92. The van der Waals surface area contributed by atoms with Gasteiger partial charge in [-0.05, 0) is 91.3 Å². The topological polar surface area (TPSA) is 25.8 Å². The Hall–Kier alpha value is -6.22. The molecular formula is C42H24N2. The van der Waals surface area contributed by atoms with Crippen molar-refractivity contribution in [3.05, 3.63) is 168 Å². The third kappa shape index (κ3) is 4.72. The van der Waals surface area contributed by atoms with Crippen LogP contribution >= 0.6 is 0 Å². The molecule has 0 saturated heterocycles. The summed E-state index contributed by atoms with van der Waals surface area (Å²) in [6, 6.07) is 49.8. The van der Waals surface area contributed by atoms with E-state index in [0.717, 1.165) is 44.1 Å². The molecule has 0 spiro atoms. The zero-order valence-corrected chi connectivity index (χ0v) is 23.8. The van der Waals surface area contributed by atoms with Crippen LogP contribution in [0.1, 0.15) is 22.5 Å². The highest BCUT2D eigenvalue weighted by molar-refractivity contribution is 6.05. The van der Waals surface area contributed by atoms with Gasteiger partial charge in [-0.1, -0.05) is 121 Å². The Balaban J connectivity index is 1.17. The number of nitrogens with zero attached hydrogens (tertiary/aromatic N) is 2. The molecule has 0 atom stereocenters. The summed E-state index contributed by atoms with van der Waals surface area (Å²) in [5.41, 5.74) is 4.95. The highest BCUT2D eigenvalue weighted by Crippen LogP contribution is 2.29. The summed E-state index contributed by atoms with van der Waals surface area (Å²) in [6.07, 6.45) is 0. The van der Waals surface area contributed by atoms with Gasteiger partial charge in [-0.15, -0.1) is 0 Å². The van der Waals surface area contributed by atoms with E-state index >= 15 is 0 Å². The van der Waals surface area contributed by atoms with Gasteiger partial charge < -0.3 is 0 Å². The van der Waals surface area contributed by atoms with Gasteiger partial charge in [0.2, 0.25) is 0 Å². The maximum absolute atomic E-state index is 4.88. The Morgan fingerprint density at radius 3 is 1.02 bits per heavy atom. The lowest BCUT2D eigenvalue weighted by molar-refractivity contribution is 1.21. The fraction of sp³-hybridized carbons (Fsp3) is 0. The summed E-state index contributed by atoms with van der Waals surface area (Å²) in [5.74, 6) is 13.6. The quantitative estimate of drug-likeness (QED) is 0.149. The number of hydrogen-bond acceptors (Lipinski definition) is 2. The van der Waals surface area contributed by atoms with E-state index in [0.29, 0.717) is 11.4 Å². The Bertz CT molecular complexity index is 2230. The first kappa shape index (κ1) is 25.5. The molecule has 0 radical (unpaired) electrons. The number of pyridine rings is 2. The zero-order chi connectivity index (χ0) is 29.3. The monoisotopic (exact) mass is 556 g/mol. The third-order valence-electron chi connectivity index (χ3n) is 7.93. The Morgan fingerprint density at radius 2 is 0.659 bits per heavy atom. The van der Waals surface area contributed by atoms with Crippen LogP contribution in [0, 0.1) is 23.7 Å². The minimum atomic E-state index is 0.694. The van der Waals surface area contributed by atoms with E-state index in [1.54, 1.807) is 0 Å². The first-order chi connectivity index (χ1) is 21.8. The number of benzene rings is 6. The second kappa shape index (κ2) is 10.9. The van der Waals surface area contributed by atoms with Gasteiger partial charge >= 0.3 is 0 Å². The summed E-state index contributed by atoms with van der Waals surface area (Å²) in [6.45, 7) is 0. The summed E-state index contributed by atoms with van der Waals surface area (Å²) >= 11 is 0. The minimum absolute atomic E-state index is 0.694. The molecule has 0 N–H and O–H groups in total. The molecule has 44 heavy (non-hydrogen) atoms. The summed E-state index contributed by atoms with van der Waals surface area (Å²) in [7, 11) is 0. The molecule has 0 saturated carbocycles. The fourth-order valence-corrected chi connectivity index (χ4v) is 5.84. The van der Waals surface area contributed by atoms with Crippen molar-refractivity contribution < 1.29 is 0 Å². The van der Waals surface area contributed by atoms with Crippen LogP contribution in [0.2, 0.25) is 0 Å². The van der Waals surface area contributed by atoms with Gasteiger partial charge in [-0.2, -0.15) is 0 Å². The summed E-state index contributed by atoms with van der Waals surface area (Å²) < 4.78 is 0. The maximum Gasteiger partial charge on any atom is 0.114 e. The second-order valence-corrected chi connectivity index (χ2v) is 10.7. The van der Waals surface area contributed by atoms with Crippen LogP contribution in [0.5, 0.6) is 0 Å². The molecule has 2 heterocycles. The molecule has 0 amide bonds. The summed E-state index contributed by atoms with van der Waals surface area (Å²) in [4.78, 5) is 9.75. The smallest absolute Gasteiger partial charge is 0.114 e. The number of aromatic nitrogens is 2. The van der Waals surface area contributed by atoms with Crippen LogP contribution in [-0.4, -0.2) is 9.97 Å². The van der Waals surface area contributed by atoms with Crippen molar-refractivity contribution in [3.8, 4) is 35.1 Å². The van der Waals surface area contributed by atoms with Crippen LogP contribution in [0.15, 0.2) is 146 Å². The predicted octanol–water partition coefficient (Wildman–Crippen LogP) is 9.56. The predicted molar refractivity (Wildman–Crippen MR) is 182 cm³/mol. The Morgan fingerprint density at radius 1 is 0.318 bits per heavy atom. The minimum Gasteiger partial charge on any atom is -0.238 e. The van der Waals surface area contributed by atoms with Gasteiger partial charge in [0.1, 0.15) is 11.4 Å². The third-order valence-corrected chi connectivity index (χ3v) is 7.93. The largest absolute Gasteiger partial charge is 0.238 e. The van der Waals surface area contributed by atoms with E-state index in [2.05, 4.69) is 133 Å². The normalized spacial score (nSPS) is 10.8. The van der Waals surface area contributed by atoms with E-state index in [1.165, 1.54) is 21.5 Å². The van der Waals surface area contributed by atoms with Crippen LogP contribution in [-0.2, 0) is 0 Å². The van der Waals surface area contributed by atoms with Crippen molar-refractivity contribution in [2.24, 2.45) is 0 Å². The molecule has 0 fully saturated rings. The molecule has 0 bridgehead atoms. The van der Waals surface area contributed by atoms with E-state index < -0.39 is 0 Å². The first-order valence-corrected chi connectivity index (χ1v) is 14.6. The van der Waals surface area contributed by atoms with Crippen LogP contribution in [0.4, 0.5) is 0 Å². The fourth-order valence-electron chi connectivity index (χ4n) is 5.84. The molecule has 8 rings (SSSR count). The highest BCUT2D eigenvalue weighted by Gasteiger charge is 2.08. The molecule has 202 valence electrons. The standard InChI is InChI=1S/C42H24N2/c1-5-17-35-29(11-1)27-30-12-2-6-18-36(30)39(35)25-23-33-15-9-21-41(43-33)42-22-10-16-34(44-42)24-26-40-37-19-7-3-13-31(37)28-32-14-4-8-20-38(32)40/h1-22,27-28H. The molecule has 0 unspecified atom stereocenters. The SMILES string of the molecule is C(#Cc1c2ccccc2cc2ccccc12)c1cccc(-c2cccc(C#Cc3c4ccccc4cc4ccccc34)n2)n1. The van der Waals surface area contributed by atoms with Gasteiger partial charge in [0, 0.05) is 11.1 Å². The van der Waals surface area contributed by atoms with Crippen molar-refractivity contribution in [2.75, 3.05) is 0 Å². The van der Waals surface area contributed by atoms with Crippen molar-refractivity contribution >= 4 is 43.1 Å². The molecule has 0 aliphatic carbocycles. The van der Waals surface area contributed by atoms with Gasteiger partial charge in [0.25, 0.3) is 0 Å². The van der Waals surface area contributed by atoms with Gasteiger partial charge in [0.05, 0.1) is 11.4 Å². The molecule has 6 aromatic carbocycles. The lowest BCUT2D eigenvalue weighted by atomic mass is 9.97. The van der Waals surface area contributed by atoms with Crippen LogP contribution in [0.3, 0.4) is 0 Å². The molecule has 0 aliphatic rings. The van der Waals surface area contributed by atoms with E-state index in [-0.39, 0.29) is 0 Å². The van der Waals surface area contributed by atoms with E-state index in [9.17, 15) is 0 Å². The highest BCUT2D eigenvalue weighted by atomic mass is 14.8. The lowest BCUT2D eigenvalue weighted by Gasteiger charge is -2.07. The van der Waals surface area contributed by atoms with E-state index in [1.807, 2.05) is 36.4 Å². The van der Waals surface area contributed by atoms with Crippen LogP contribution in [0.25, 0.3) is 54.5 Å². The average Bonchev–Trinajstić information content (AvgIpc) is 3.08. The molecule has 2 heteroatoms. The summed E-state index contributed by atoms with van der Waals surface area (Å²) in [5, 5.41) is 9.27. The molecule has 0 aliphatic heterocycles. The zero-order valence-electron chi connectivity index (χ0n) is 23.8. The van der Waals surface area contributed by atoms with Gasteiger partial charge in [0.15, 0.2) is 0 Å². The number of hydrogen-bond donors (Lipinski definition) is 0. The number of fused-ring (bicyclic) bond motifs is 4. The molecule has 2 aromatic heterocycles. The second-order valence-electron chi connectivity index (χ2n) is 10.7. The Labute approximate surface area is 255 Å². The van der Waals surface area contributed by atoms with Crippen molar-refractivity contribution in [1.82, 2.24) is 9.97 Å².